The summed E-state index contributed by atoms with van der Waals surface area (Å²) in [6, 6.07) is 9.70. The number of methoxy groups -OCH3 is 2. The fourth-order valence-corrected chi connectivity index (χ4v) is 2.53. The second kappa shape index (κ2) is 6.48. The van der Waals surface area contributed by atoms with Crippen LogP contribution in [0.2, 0.25) is 0 Å². The van der Waals surface area contributed by atoms with Crippen LogP contribution >= 0.6 is 0 Å². The molecule has 4 nitrogen and oxygen atoms in total. The van der Waals surface area contributed by atoms with E-state index in [-0.39, 0.29) is 5.91 Å². The molecule has 0 heterocycles. The van der Waals surface area contributed by atoms with E-state index in [9.17, 15) is 4.79 Å². The van der Waals surface area contributed by atoms with Crippen molar-refractivity contribution in [2.24, 2.45) is 0 Å². The number of fused-ring (bicyclic) bond motifs is 1. The van der Waals surface area contributed by atoms with E-state index in [2.05, 4.69) is 0 Å². The van der Waals surface area contributed by atoms with Crippen LogP contribution in [0, 0.1) is 0 Å². The minimum absolute atomic E-state index is 0.0700. The highest BCUT2D eigenvalue weighted by molar-refractivity contribution is 6.06. The van der Waals surface area contributed by atoms with E-state index in [1.807, 2.05) is 44.2 Å². The first-order valence-corrected chi connectivity index (χ1v) is 7.10. The molecule has 0 aliphatic rings. The largest absolute Gasteiger partial charge is 0.496 e. The van der Waals surface area contributed by atoms with Gasteiger partial charge in [0.15, 0.2) is 0 Å². The molecule has 0 bridgehead atoms. The number of carbonyl (C=O) groups excluding carboxylic acids is 1. The van der Waals surface area contributed by atoms with Crippen molar-refractivity contribution in [1.29, 1.82) is 0 Å². The number of hydrogen-bond donors (Lipinski definition) is 0. The fraction of sp³-hybridized carbons (Fsp3) is 0.353. The van der Waals surface area contributed by atoms with Gasteiger partial charge in [0.25, 0.3) is 5.91 Å². The Hall–Kier alpha value is -2.23. The molecule has 0 aromatic heterocycles. The quantitative estimate of drug-likeness (QED) is 0.846. The van der Waals surface area contributed by atoms with Crippen LogP contribution in [0.1, 0.15) is 24.2 Å². The molecule has 2 aromatic carbocycles. The molecule has 2 rings (SSSR count). The molecule has 0 aliphatic carbocycles. The maximum Gasteiger partial charge on any atom is 0.261 e. The average Bonchev–Trinajstić information content (AvgIpc) is 2.53. The molecule has 21 heavy (non-hydrogen) atoms. The molecule has 0 fully saturated rings. The Morgan fingerprint density at radius 1 is 1.10 bits per heavy atom. The highest BCUT2D eigenvalue weighted by atomic mass is 16.5. The smallest absolute Gasteiger partial charge is 0.261 e. The standard InChI is InChI=1S/C17H21NO3/c1-5-18(6-2)17(19)15-14(20-3)11-12-9-7-8-10-13(12)16(15)21-4/h7-11H,5-6H2,1-4H3. The van der Waals surface area contributed by atoms with Gasteiger partial charge in [0.05, 0.1) is 14.2 Å². The lowest BCUT2D eigenvalue weighted by Crippen LogP contribution is -2.31. The van der Waals surface area contributed by atoms with Crippen molar-refractivity contribution >= 4 is 16.7 Å². The number of rotatable bonds is 5. The Balaban J connectivity index is 2.73. The number of benzene rings is 2. The monoisotopic (exact) mass is 287 g/mol. The van der Waals surface area contributed by atoms with Gasteiger partial charge in [-0.2, -0.15) is 0 Å². The summed E-state index contributed by atoms with van der Waals surface area (Å²) < 4.78 is 11.0. The predicted molar refractivity (Wildman–Crippen MR) is 84.3 cm³/mol. The summed E-state index contributed by atoms with van der Waals surface area (Å²) in [6.45, 7) is 5.21. The minimum Gasteiger partial charge on any atom is -0.496 e. The Kier molecular flexibility index (Phi) is 4.68. The van der Waals surface area contributed by atoms with E-state index < -0.39 is 0 Å². The molecule has 0 N–H and O–H groups in total. The normalized spacial score (nSPS) is 10.5. The van der Waals surface area contributed by atoms with Gasteiger partial charge in [-0.25, -0.2) is 0 Å². The molecule has 112 valence electrons. The second-order valence-electron chi connectivity index (χ2n) is 4.69. The molecular weight excluding hydrogens is 266 g/mol. The third-order valence-electron chi connectivity index (χ3n) is 3.65. The number of ether oxygens (including phenoxy) is 2. The van der Waals surface area contributed by atoms with Gasteiger partial charge < -0.3 is 14.4 Å². The Morgan fingerprint density at radius 2 is 1.76 bits per heavy atom. The van der Waals surface area contributed by atoms with Crippen molar-refractivity contribution in [3.05, 3.63) is 35.9 Å². The highest BCUT2D eigenvalue weighted by Gasteiger charge is 2.24. The van der Waals surface area contributed by atoms with E-state index >= 15 is 0 Å². The maximum atomic E-state index is 12.8. The highest BCUT2D eigenvalue weighted by Crippen LogP contribution is 2.37. The van der Waals surface area contributed by atoms with Crippen LogP contribution < -0.4 is 9.47 Å². The van der Waals surface area contributed by atoms with Crippen LogP contribution in [-0.4, -0.2) is 38.1 Å². The Labute approximate surface area is 125 Å². The van der Waals surface area contributed by atoms with Crippen LogP contribution in [0.3, 0.4) is 0 Å². The van der Waals surface area contributed by atoms with Gasteiger partial charge in [0.1, 0.15) is 17.1 Å². The zero-order chi connectivity index (χ0) is 15.4. The summed E-state index contributed by atoms with van der Waals surface area (Å²) >= 11 is 0. The molecule has 0 spiro atoms. The van der Waals surface area contributed by atoms with Crippen LogP contribution in [0.15, 0.2) is 30.3 Å². The first kappa shape index (κ1) is 15.2. The van der Waals surface area contributed by atoms with Crippen molar-refractivity contribution in [2.75, 3.05) is 27.3 Å². The molecule has 4 heteroatoms. The van der Waals surface area contributed by atoms with E-state index in [0.29, 0.717) is 30.2 Å². The van der Waals surface area contributed by atoms with Crippen LogP contribution in [0.4, 0.5) is 0 Å². The first-order valence-electron chi connectivity index (χ1n) is 7.10. The zero-order valence-electron chi connectivity index (χ0n) is 13.0. The topological polar surface area (TPSA) is 38.8 Å². The zero-order valence-corrected chi connectivity index (χ0v) is 13.0. The summed E-state index contributed by atoms with van der Waals surface area (Å²) in [5.74, 6) is 1.05. The van der Waals surface area contributed by atoms with Gasteiger partial charge in [-0.3, -0.25) is 4.79 Å². The molecule has 2 aromatic rings. The molecule has 0 unspecified atom stereocenters. The predicted octanol–water partition coefficient (Wildman–Crippen LogP) is 3.34. The maximum absolute atomic E-state index is 12.8. The van der Waals surface area contributed by atoms with Gasteiger partial charge in [-0.15, -0.1) is 0 Å². The molecule has 0 atom stereocenters. The lowest BCUT2D eigenvalue weighted by atomic mass is 10.0. The number of carbonyl (C=O) groups is 1. The van der Waals surface area contributed by atoms with Crippen molar-refractivity contribution in [3.63, 3.8) is 0 Å². The molecular formula is C17H21NO3. The minimum atomic E-state index is -0.0700. The van der Waals surface area contributed by atoms with E-state index in [0.717, 1.165) is 10.8 Å². The van der Waals surface area contributed by atoms with Crippen LogP contribution in [0.25, 0.3) is 10.8 Å². The second-order valence-corrected chi connectivity index (χ2v) is 4.69. The van der Waals surface area contributed by atoms with E-state index in [1.54, 1.807) is 19.1 Å². The first-order chi connectivity index (χ1) is 10.2. The van der Waals surface area contributed by atoms with E-state index in [4.69, 9.17) is 9.47 Å². The summed E-state index contributed by atoms with van der Waals surface area (Å²) in [6.07, 6.45) is 0. The number of nitrogens with zero attached hydrogens (tertiary/aromatic N) is 1. The Bertz CT molecular complexity index is 648. The molecule has 1 amide bonds. The molecule has 0 aliphatic heterocycles. The van der Waals surface area contributed by atoms with Crippen molar-refractivity contribution in [2.45, 2.75) is 13.8 Å². The van der Waals surface area contributed by atoms with Crippen LogP contribution in [0.5, 0.6) is 11.5 Å². The average molecular weight is 287 g/mol. The van der Waals surface area contributed by atoms with Crippen LogP contribution in [-0.2, 0) is 0 Å². The SMILES string of the molecule is CCN(CC)C(=O)c1c(OC)cc2ccccc2c1OC. The summed E-state index contributed by atoms with van der Waals surface area (Å²) in [5.41, 5.74) is 0.488. The Morgan fingerprint density at radius 3 is 2.33 bits per heavy atom. The van der Waals surface area contributed by atoms with Gasteiger partial charge in [-0.1, -0.05) is 24.3 Å². The van der Waals surface area contributed by atoms with Crippen molar-refractivity contribution < 1.29 is 14.3 Å². The van der Waals surface area contributed by atoms with Gasteiger partial charge in [-0.05, 0) is 25.3 Å². The summed E-state index contributed by atoms with van der Waals surface area (Å²) in [4.78, 5) is 14.5. The summed E-state index contributed by atoms with van der Waals surface area (Å²) in [7, 11) is 3.16. The lowest BCUT2D eigenvalue weighted by molar-refractivity contribution is 0.0766. The summed E-state index contributed by atoms with van der Waals surface area (Å²) in [5, 5.41) is 1.90. The number of hydrogen-bond acceptors (Lipinski definition) is 3. The molecule has 0 saturated heterocycles. The number of amides is 1. The fourth-order valence-electron chi connectivity index (χ4n) is 2.53. The van der Waals surface area contributed by atoms with Crippen molar-refractivity contribution in [3.8, 4) is 11.5 Å². The lowest BCUT2D eigenvalue weighted by Gasteiger charge is -2.22. The van der Waals surface area contributed by atoms with Gasteiger partial charge >= 0.3 is 0 Å². The third-order valence-corrected chi connectivity index (χ3v) is 3.65. The van der Waals surface area contributed by atoms with Gasteiger partial charge in [0, 0.05) is 18.5 Å². The van der Waals surface area contributed by atoms with E-state index in [1.165, 1.54) is 0 Å². The third kappa shape index (κ3) is 2.66. The van der Waals surface area contributed by atoms with Gasteiger partial charge in [0.2, 0.25) is 0 Å². The molecule has 0 saturated carbocycles. The van der Waals surface area contributed by atoms with Crippen molar-refractivity contribution in [1.82, 2.24) is 4.90 Å². The molecule has 0 radical (unpaired) electrons.